The summed E-state index contributed by atoms with van der Waals surface area (Å²) in [6.07, 6.45) is 20.9. The molecule has 0 saturated heterocycles. The van der Waals surface area contributed by atoms with Crippen molar-refractivity contribution in [1.82, 2.24) is 25.2 Å². The maximum absolute atomic E-state index is 14.1. The highest BCUT2D eigenvalue weighted by molar-refractivity contribution is 5.89. The number of nitrogens with zero attached hydrogens (tertiary/aromatic N) is 3. The van der Waals surface area contributed by atoms with Crippen LogP contribution in [0.2, 0.25) is 0 Å². The fourth-order valence-electron chi connectivity index (χ4n) is 5.36. The first-order valence-electron chi connectivity index (χ1n) is 14.1. The molecule has 1 saturated carbocycles. The van der Waals surface area contributed by atoms with Gasteiger partial charge in [-0.3, -0.25) is 9.36 Å². The Kier molecular flexibility index (Phi) is 7.63. The summed E-state index contributed by atoms with van der Waals surface area (Å²) < 4.78 is 1.83. The van der Waals surface area contributed by atoms with Crippen LogP contribution in [0.1, 0.15) is 24.8 Å². The summed E-state index contributed by atoms with van der Waals surface area (Å²) in [7, 11) is 0. The number of nitrogens with one attached hydrogen (secondary N) is 3. The Morgan fingerprint density at radius 2 is 2.07 bits per heavy atom. The molecule has 0 radical (unpaired) electrons. The highest BCUT2D eigenvalue weighted by atomic mass is 16.1. The second-order valence-corrected chi connectivity index (χ2v) is 10.7. The highest BCUT2D eigenvalue weighted by Gasteiger charge is 2.25. The van der Waals surface area contributed by atoms with Crippen LogP contribution >= 0.6 is 0 Å². The first kappa shape index (κ1) is 26.5. The number of benzene rings is 1. The van der Waals surface area contributed by atoms with Crippen LogP contribution in [0.15, 0.2) is 115 Å². The Morgan fingerprint density at radius 1 is 1.20 bits per heavy atom. The molecule has 0 bridgehead atoms. The Bertz CT molecular complexity index is 1710. The monoisotopic (exact) mass is 542 g/mol. The van der Waals surface area contributed by atoms with Gasteiger partial charge in [-0.05, 0) is 66.3 Å². The molecular formula is C34H34N6O. The normalized spacial score (nSPS) is 19.9. The van der Waals surface area contributed by atoms with Gasteiger partial charge in [-0.2, -0.15) is 4.98 Å². The van der Waals surface area contributed by atoms with Gasteiger partial charge in [0.05, 0.1) is 0 Å². The molecule has 1 fully saturated rings. The molecule has 6 rings (SSSR count). The van der Waals surface area contributed by atoms with Crippen molar-refractivity contribution in [2.75, 3.05) is 11.9 Å². The standard InChI is InChI=1S/C34H34N6O/c1-3-7-24(8-4-2)29-9-5-6-10-30(29)31-19-25-20-36-34(39-32(25)40(33(31)41)22-23-11-12-23)38-27-15-13-26(14-16-27)37-28-17-18-35-21-28/h3,5-10,13,15-20,23,26,28,35,37H,1-2,11-12,14,21-22H2,(H,36,38,39)/b24-7+. The van der Waals surface area contributed by atoms with Gasteiger partial charge in [0.2, 0.25) is 5.95 Å². The molecule has 206 valence electrons. The predicted octanol–water partition coefficient (Wildman–Crippen LogP) is 5.48. The van der Waals surface area contributed by atoms with Crippen LogP contribution in [0.3, 0.4) is 0 Å². The Hall–Kier alpha value is -4.71. The highest BCUT2D eigenvalue weighted by Crippen LogP contribution is 2.33. The van der Waals surface area contributed by atoms with Crippen molar-refractivity contribution in [1.29, 1.82) is 0 Å². The molecule has 2 aromatic heterocycles. The molecule has 7 heteroatoms. The molecule has 41 heavy (non-hydrogen) atoms. The fourth-order valence-corrected chi connectivity index (χ4v) is 5.36. The molecule has 2 aliphatic carbocycles. The lowest BCUT2D eigenvalue weighted by Crippen LogP contribution is -2.39. The zero-order valence-electron chi connectivity index (χ0n) is 23.0. The number of hydrogen-bond donors (Lipinski definition) is 3. The van der Waals surface area contributed by atoms with Crippen LogP contribution in [0.25, 0.3) is 27.7 Å². The van der Waals surface area contributed by atoms with Crippen LogP contribution in [-0.2, 0) is 6.54 Å². The lowest BCUT2D eigenvalue weighted by Gasteiger charge is -2.21. The summed E-state index contributed by atoms with van der Waals surface area (Å²) in [4.78, 5) is 23.6. The van der Waals surface area contributed by atoms with Crippen molar-refractivity contribution in [3.05, 3.63) is 126 Å². The lowest BCUT2D eigenvalue weighted by atomic mass is 9.94. The number of allylic oxidation sites excluding steroid dienone is 5. The third-order valence-corrected chi connectivity index (χ3v) is 7.62. The molecule has 2 atom stereocenters. The van der Waals surface area contributed by atoms with Crippen LogP contribution in [0, 0.1) is 5.92 Å². The quantitative estimate of drug-likeness (QED) is 0.233. The van der Waals surface area contributed by atoms with Gasteiger partial charge in [0.25, 0.3) is 5.56 Å². The van der Waals surface area contributed by atoms with E-state index < -0.39 is 0 Å². The van der Waals surface area contributed by atoms with E-state index in [-0.39, 0.29) is 11.6 Å². The van der Waals surface area contributed by atoms with E-state index in [1.165, 1.54) is 0 Å². The molecule has 1 aromatic carbocycles. The van der Waals surface area contributed by atoms with Crippen molar-refractivity contribution >= 4 is 22.6 Å². The Balaban J connectivity index is 1.34. The number of aromatic nitrogens is 3. The molecule has 3 N–H and O–H groups in total. The van der Waals surface area contributed by atoms with Crippen LogP contribution < -0.4 is 21.5 Å². The van der Waals surface area contributed by atoms with Gasteiger partial charge in [-0.25, -0.2) is 4.98 Å². The summed E-state index contributed by atoms with van der Waals surface area (Å²) in [5.74, 6) is 0.971. The Labute approximate surface area is 240 Å². The van der Waals surface area contributed by atoms with Crippen LogP contribution in [-0.4, -0.2) is 33.2 Å². The maximum atomic E-state index is 14.1. The smallest absolute Gasteiger partial charge is 0.260 e. The summed E-state index contributed by atoms with van der Waals surface area (Å²) >= 11 is 0. The number of pyridine rings is 1. The van der Waals surface area contributed by atoms with Crippen molar-refractivity contribution in [2.45, 2.75) is 37.9 Å². The van der Waals surface area contributed by atoms with Crippen molar-refractivity contribution in [2.24, 2.45) is 5.92 Å². The Morgan fingerprint density at radius 3 is 2.80 bits per heavy atom. The minimum absolute atomic E-state index is 0.0526. The van der Waals surface area contributed by atoms with Crippen LogP contribution in [0.5, 0.6) is 0 Å². The van der Waals surface area contributed by atoms with Gasteiger partial charge >= 0.3 is 0 Å². The largest absolute Gasteiger partial charge is 0.389 e. The minimum atomic E-state index is -0.0526. The van der Waals surface area contributed by atoms with E-state index in [1.54, 1.807) is 18.3 Å². The summed E-state index contributed by atoms with van der Waals surface area (Å²) in [6, 6.07) is 10.4. The van der Waals surface area contributed by atoms with Crippen LogP contribution in [0.4, 0.5) is 5.95 Å². The second kappa shape index (κ2) is 11.8. The summed E-state index contributed by atoms with van der Waals surface area (Å²) in [5, 5.41) is 11.0. The van der Waals surface area contributed by atoms with Gasteiger partial charge in [0.15, 0.2) is 0 Å². The summed E-state index contributed by atoms with van der Waals surface area (Å²) in [6.45, 7) is 9.14. The SMILES string of the molecule is C=C=C/C(=C\C=C)c1ccccc1-c1cc2cnc(NC3=CCC(NC4C=CNC4)C=C3)nc2n(CC2CC2)c1=O. The fraction of sp³-hybridized carbons (Fsp3) is 0.235. The van der Waals surface area contributed by atoms with Gasteiger partial charge in [-0.15, -0.1) is 5.73 Å². The molecule has 3 aromatic rings. The third kappa shape index (κ3) is 5.92. The third-order valence-electron chi connectivity index (χ3n) is 7.62. The topological polar surface area (TPSA) is 83.9 Å². The molecule has 0 amide bonds. The number of anilines is 1. The molecule has 1 aliphatic heterocycles. The van der Waals surface area contributed by atoms with Crippen molar-refractivity contribution in [3.8, 4) is 11.1 Å². The van der Waals surface area contributed by atoms with E-state index in [1.807, 2.05) is 47.2 Å². The molecule has 2 unspecified atom stereocenters. The van der Waals surface area contributed by atoms with E-state index in [2.05, 4.69) is 64.1 Å². The first-order valence-corrected chi connectivity index (χ1v) is 14.1. The number of fused-ring (bicyclic) bond motifs is 1. The second-order valence-electron chi connectivity index (χ2n) is 10.7. The average molecular weight is 543 g/mol. The zero-order valence-corrected chi connectivity index (χ0v) is 23.0. The molecule has 7 nitrogen and oxygen atoms in total. The van der Waals surface area contributed by atoms with Gasteiger partial charge in [0.1, 0.15) is 5.65 Å². The molecule has 3 heterocycles. The van der Waals surface area contributed by atoms with Gasteiger partial charge in [-0.1, -0.05) is 67.8 Å². The summed E-state index contributed by atoms with van der Waals surface area (Å²) in [5.41, 5.74) is 7.66. The predicted molar refractivity (Wildman–Crippen MR) is 167 cm³/mol. The van der Waals surface area contributed by atoms with E-state index in [4.69, 9.17) is 4.98 Å². The van der Waals surface area contributed by atoms with Gasteiger partial charge in [0, 0.05) is 48.0 Å². The first-order chi connectivity index (χ1) is 20.1. The molecule has 0 spiro atoms. The average Bonchev–Trinajstić information content (AvgIpc) is 3.67. The van der Waals surface area contributed by atoms with E-state index in [0.29, 0.717) is 35.7 Å². The van der Waals surface area contributed by atoms with E-state index >= 15 is 0 Å². The lowest BCUT2D eigenvalue weighted by molar-refractivity contribution is 0.533. The van der Waals surface area contributed by atoms with E-state index in [0.717, 1.165) is 53.6 Å². The van der Waals surface area contributed by atoms with E-state index in [9.17, 15) is 4.79 Å². The van der Waals surface area contributed by atoms with Gasteiger partial charge < -0.3 is 16.0 Å². The number of hydrogen-bond acceptors (Lipinski definition) is 6. The molecule has 3 aliphatic rings. The maximum Gasteiger partial charge on any atom is 0.260 e. The minimum Gasteiger partial charge on any atom is -0.389 e. The number of rotatable bonds is 10. The molecular weight excluding hydrogens is 508 g/mol. The van der Waals surface area contributed by atoms with Crippen molar-refractivity contribution < 1.29 is 0 Å². The van der Waals surface area contributed by atoms with Crippen molar-refractivity contribution in [3.63, 3.8) is 0 Å². The zero-order chi connectivity index (χ0) is 28.2.